The highest BCUT2D eigenvalue weighted by Crippen LogP contribution is 2.66. The summed E-state index contributed by atoms with van der Waals surface area (Å²) in [4.78, 5) is 67.7. The fourth-order valence-corrected chi connectivity index (χ4v) is 6.38. The van der Waals surface area contributed by atoms with Crippen LogP contribution in [0.15, 0.2) is 36.4 Å². The number of hydrogen-bond donors (Lipinski definition) is 6. The molecule has 12 nitrogen and oxygen atoms in total. The zero-order valence-electron chi connectivity index (χ0n) is 19.4. The molecule has 202 valence electrons. The minimum Gasteiger partial charge on any atom is -0.478 e. The largest absolute Gasteiger partial charge is 0.478 e. The lowest BCUT2D eigenvalue weighted by Gasteiger charge is -2.52. The van der Waals surface area contributed by atoms with E-state index in [0.29, 0.717) is 0 Å². The van der Waals surface area contributed by atoms with Crippen LogP contribution in [0.5, 0.6) is 0 Å². The molecule has 0 radical (unpaired) electrons. The van der Waals surface area contributed by atoms with Crippen molar-refractivity contribution in [1.82, 2.24) is 0 Å². The van der Waals surface area contributed by atoms with Crippen LogP contribution in [0.2, 0.25) is 0 Å². The normalized spacial score (nSPS) is 19.6. The molecule has 6 N–H and O–H groups in total. The van der Waals surface area contributed by atoms with E-state index in [9.17, 15) is 59.4 Å². The van der Waals surface area contributed by atoms with Gasteiger partial charge in [-0.1, -0.05) is 0 Å². The van der Waals surface area contributed by atoms with E-state index in [1.54, 1.807) is 0 Å². The van der Waals surface area contributed by atoms with Crippen molar-refractivity contribution in [3.8, 4) is 0 Å². The molecule has 3 aliphatic carbocycles. The molecule has 0 aliphatic heterocycles. The van der Waals surface area contributed by atoms with Crippen LogP contribution in [0.25, 0.3) is 0 Å². The van der Waals surface area contributed by atoms with Crippen LogP contribution in [-0.2, 0) is 9.75 Å². The Kier molecular flexibility index (Phi) is 5.52. The maximum absolute atomic E-state index is 12.0. The monoisotopic (exact) mass is 586 g/mol. The van der Waals surface area contributed by atoms with Gasteiger partial charge in [0.1, 0.15) is 9.75 Å². The van der Waals surface area contributed by atoms with Gasteiger partial charge in [-0.25, -0.2) is 28.8 Å². The Balaban J connectivity index is 2.05. The molecule has 0 atom stereocenters. The highest BCUT2D eigenvalue weighted by Gasteiger charge is 2.59. The number of hydrogen-bond acceptors (Lipinski definition) is 6. The number of benzene rings is 3. The van der Waals surface area contributed by atoms with E-state index in [1.165, 1.54) is 0 Å². The predicted octanol–water partition coefficient (Wildman–Crippen LogP) is 3.56. The SMILES string of the molecule is O=C(O)c1cc2c(cc1C(=O)O)C1(Cl)c3cc(C(=O)O)c(C(=O)O)cc3C2(Cl)c2cc(C(=O)O)c(C(=O)O)cc21. The second-order valence-electron chi connectivity index (χ2n) is 8.98. The highest BCUT2D eigenvalue weighted by molar-refractivity contribution is 6.35. The molecule has 0 heterocycles. The Morgan fingerprint density at radius 3 is 0.600 bits per heavy atom. The van der Waals surface area contributed by atoms with Gasteiger partial charge in [-0.3, -0.25) is 0 Å². The summed E-state index contributed by atoms with van der Waals surface area (Å²) < 4.78 is 0. The summed E-state index contributed by atoms with van der Waals surface area (Å²) in [6.07, 6.45) is 0. The summed E-state index contributed by atoms with van der Waals surface area (Å²) in [6.45, 7) is 0. The first kappa shape index (κ1) is 26.7. The summed E-state index contributed by atoms with van der Waals surface area (Å²) in [6, 6.07) is 5.47. The van der Waals surface area contributed by atoms with Crippen molar-refractivity contribution in [3.63, 3.8) is 0 Å². The quantitative estimate of drug-likeness (QED) is 0.228. The van der Waals surface area contributed by atoms with Gasteiger partial charge in [0.15, 0.2) is 0 Å². The minimum atomic E-state index is -2.15. The van der Waals surface area contributed by atoms with Crippen molar-refractivity contribution < 1.29 is 59.4 Å². The minimum absolute atomic E-state index is 0.148. The lowest BCUT2D eigenvalue weighted by Crippen LogP contribution is -2.47. The van der Waals surface area contributed by atoms with Crippen molar-refractivity contribution in [3.05, 3.63) is 103 Å². The van der Waals surface area contributed by atoms with Gasteiger partial charge in [-0.15, -0.1) is 23.2 Å². The van der Waals surface area contributed by atoms with E-state index < -0.39 is 78.9 Å². The Hall–Kier alpha value is -4.94. The number of rotatable bonds is 6. The molecule has 0 fully saturated rings. The third kappa shape index (κ3) is 3.20. The molecule has 3 aromatic carbocycles. The molecule has 0 aromatic heterocycles. The van der Waals surface area contributed by atoms with Gasteiger partial charge in [0.05, 0.1) is 33.4 Å². The molecule has 0 unspecified atom stereocenters. The van der Waals surface area contributed by atoms with Gasteiger partial charge in [0, 0.05) is 0 Å². The van der Waals surface area contributed by atoms with Crippen molar-refractivity contribution in [2.45, 2.75) is 9.75 Å². The second kappa shape index (κ2) is 8.28. The van der Waals surface area contributed by atoms with Crippen LogP contribution in [0.1, 0.15) is 95.5 Å². The van der Waals surface area contributed by atoms with E-state index in [1.807, 2.05) is 0 Å². The van der Waals surface area contributed by atoms with Gasteiger partial charge < -0.3 is 30.6 Å². The standard InChI is InChI=1S/C26H12Cl2O12/c27-25-13-1-7(19(29)30)8(20(31)32)2-14(13)26(28,17-5-11(23(37)38)9(21(33)34)3-15(17)25)18-6-12(24(39)40)10(22(35)36)4-16(18)25/h1-6H,(H,29,30)(H,31,32)(H,33,34)(H,35,36)(H,37,38)(H,39,40). The third-order valence-electron chi connectivity index (χ3n) is 7.08. The van der Waals surface area contributed by atoms with Gasteiger partial charge in [0.25, 0.3) is 0 Å². The fraction of sp³-hybridized carbons (Fsp3) is 0.0769. The van der Waals surface area contributed by atoms with Crippen molar-refractivity contribution in [2.75, 3.05) is 0 Å². The zero-order valence-corrected chi connectivity index (χ0v) is 20.9. The van der Waals surface area contributed by atoms with Gasteiger partial charge in [-0.2, -0.15) is 0 Å². The van der Waals surface area contributed by atoms with Crippen molar-refractivity contribution in [2.24, 2.45) is 0 Å². The summed E-state index contributed by atoms with van der Waals surface area (Å²) >= 11 is 14.4. The summed E-state index contributed by atoms with van der Waals surface area (Å²) in [5.74, 6) is -9.97. The van der Waals surface area contributed by atoms with Crippen molar-refractivity contribution >= 4 is 59.0 Å². The van der Waals surface area contributed by atoms with Crippen LogP contribution < -0.4 is 0 Å². The molecule has 6 rings (SSSR count). The van der Waals surface area contributed by atoms with E-state index in [-0.39, 0.29) is 33.4 Å². The third-order valence-corrected chi connectivity index (χ3v) is 8.30. The first-order valence-corrected chi connectivity index (χ1v) is 11.7. The first-order valence-electron chi connectivity index (χ1n) is 10.9. The molecule has 0 spiro atoms. The van der Waals surface area contributed by atoms with Crippen LogP contribution in [0.3, 0.4) is 0 Å². The molecule has 3 aliphatic rings. The molecule has 0 saturated heterocycles. The molecular formula is C26H12Cl2O12. The number of halogens is 2. The molecule has 3 aromatic rings. The first-order chi connectivity index (χ1) is 18.6. The van der Waals surface area contributed by atoms with E-state index in [4.69, 9.17) is 23.2 Å². The lowest BCUT2D eigenvalue weighted by atomic mass is 9.58. The maximum Gasteiger partial charge on any atom is 0.336 e. The van der Waals surface area contributed by atoms with Crippen LogP contribution in [0.4, 0.5) is 0 Å². The van der Waals surface area contributed by atoms with Crippen LogP contribution >= 0.6 is 23.2 Å². The summed E-state index contributed by atoms with van der Waals surface area (Å²) in [5.41, 5.74) is -5.20. The van der Waals surface area contributed by atoms with Gasteiger partial charge >= 0.3 is 35.8 Å². The zero-order chi connectivity index (χ0) is 29.6. The Morgan fingerprint density at radius 2 is 0.500 bits per heavy atom. The van der Waals surface area contributed by atoms with Crippen molar-refractivity contribution in [1.29, 1.82) is 0 Å². The predicted molar refractivity (Wildman–Crippen MR) is 133 cm³/mol. The number of aromatic carboxylic acids is 6. The molecule has 40 heavy (non-hydrogen) atoms. The Bertz CT molecular complexity index is 1470. The summed E-state index contributed by atoms with van der Waals surface area (Å²) in [7, 11) is 0. The Labute approximate surface area is 231 Å². The number of carboxylic acids is 6. The maximum atomic E-state index is 12.0. The lowest BCUT2D eigenvalue weighted by molar-refractivity contribution is 0.0650. The van der Waals surface area contributed by atoms with E-state index >= 15 is 0 Å². The topological polar surface area (TPSA) is 224 Å². The fourth-order valence-electron chi connectivity index (χ4n) is 5.44. The van der Waals surface area contributed by atoms with Gasteiger partial charge in [0.2, 0.25) is 0 Å². The molecule has 14 heteroatoms. The number of carbonyl (C=O) groups is 6. The second-order valence-corrected chi connectivity index (χ2v) is 10.1. The number of alkyl halides is 2. The van der Waals surface area contributed by atoms with Gasteiger partial charge in [-0.05, 0) is 69.8 Å². The average molecular weight is 587 g/mol. The Morgan fingerprint density at radius 1 is 0.375 bits per heavy atom. The molecule has 0 amide bonds. The number of carboxylic acid groups (broad SMARTS) is 6. The molecular weight excluding hydrogens is 575 g/mol. The van der Waals surface area contributed by atoms with Crippen LogP contribution in [0, 0.1) is 0 Å². The van der Waals surface area contributed by atoms with Crippen LogP contribution in [-0.4, -0.2) is 66.5 Å². The molecule has 2 bridgehead atoms. The highest BCUT2D eigenvalue weighted by atomic mass is 35.5. The summed E-state index contributed by atoms with van der Waals surface area (Å²) in [5, 5.41) is 58.4. The van der Waals surface area contributed by atoms with E-state index in [2.05, 4.69) is 0 Å². The average Bonchev–Trinajstić information content (AvgIpc) is 2.88. The van der Waals surface area contributed by atoms with E-state index in [0.717, 1.165) is 36.4 Å². The smallest absolute Gasteiger partial charge is 0.336 e. The molecule has 0 saturated carbocycles.